The molecule has 0 heterocycles. The third-order valence-corrected chi connectivity index (χ3v) is 10.3. The number of anilines is 1. The Labute approximate surface area is 310 Å². The fraction of sp³-hybridized carbons (Fsp3) is 0.316. The van der Waals surface area contributed by atoms with Crippen molar-refractivity contribution < 1.29 is 32.2 Å². The van der Waals surface area contributed by atoms with E-state index in [1.165, 1.54) is 37.3 Å². The van der Waals surface area contributed by atoms with Crippen LogP contribution >= 0.6 is 23.2 Å². The van der Waals surface area contributed by atoms with E-state index >= 15 is 0 Å². The second-order valence-corrected chi connectivity index (χ2v) is 15.3. The molecule has 0 aliphatic carbocycles. The molecule has 0 radical (unpaired) electrons. The number of halogens is 2. The van der Waals surface area contributed by atoms with Gasteiger partial charge in [-0.15, -0.1) is 0 Å². The van der Waals surface area contributed by atoms with E-state index in [1.54, 1.807) is 42.5 Å². The number of nitrogens with one attached hydrogen (secondary N) is 1. The smallest absolute Gasteiger partial charge is 0.264 e. The van der Waals surface area contributed by atoms with Crippen molar-refractivity contribution >= 4 is 50.7 Å². The predicted octanol–water partition coefficient (Wildman–Crippen LogP) is 7.16. The van der Waals surface area contributed by atoms with Crippen LogP contribution in [0.5, 0.6) is 17.2 Å². The SMILES string of the molecule is CCOc1ccc(N(CC(=O)N(Cc2c(Cl)cccc2Cl)C(Cc2ccccc2)C(=O)NC(C)(C)C)S(=O)(=O)c2ccc(OC)c(OC)c2)cc1. The van der Waals surface area contributed by atoms with E-state index in [1.807, 2.05) is 58.0 Å². The van der Waals surface area contributed by atoms with Crippen LogP contribution in [0.15, 0.2) is 95.9 Å². The average molecular weight is 757 g/mol. The Balaban J connectivity index is 1.88. The Kier molecular flexibility index (Phi) is 13.2. The number of carbonyl (C=O) groups is 2. The van der Waals surface area contributed by atoms with Crippen molar-refractivity contribution in [3.8, 4) is 17.2 Å². The summed E-state index contributed by atoms with van der Waals surface area (Å²) in [5, 5.41) is 3.58. The maximum atomic E-state index is 14.8. The van der Waals surface area contributed by atoms with Crippen molar-refractivity contribution in [3.05, 3.63) is 112 Å². The zero-order valence-corrected chi connectivity index (χ0v) is 31.8. The lowest BCUT2D eigenvalue weighted by molar-refractivity contribution is -0.140. The Bertz CT molecular complexity index is 1900. The third-order valence-electron chi connectivity index (χ3n) is 7.82. The maximum Gasteiger partial charge on any atom is 0.264 e. The van der Waals surface area contributed by atoms with Crippen molar-refractivity contribution in [1.29, 1.82) is 0 Å². The first-order valence-corrected chi connectivity index (χ1v) is 18.4. The van der Waals surface area contributed by atoms with Crippen molar-refractivity contribution in [1.82, 2.24) is 10.2 Å². The quantitative estimate of drug-likeness (QED) is 0.137. The lowest BCUT2D eigenvalue weighted by atomic mass is 10.0. The number of hydrogen-bond donors (Lipinski definition) is 1. The minimum atomic E-state index is -4.43. The average Bonchev–Trinajstić information content (AvgIpc) is 3.09. The van der Waals surface area contributed by atoms with E-state index in [0.29, 0.717) is 23.7 Å². The Morgan fingerprint density at radius 1 is 0.843 bits per heavy atom. The minimum absolute atomic E-state index is 0.127. The van der Waals surface area contributed by atoms with Crippen LogP contribution in [0, 0.1) is 0 Å². The van der Waals surface area contributed by atoms with Gasteiger partial charge in [0.25, 0.3) is 10.0 Å². The molecule has 0 saturated carbocycles. The Morgan fingerprint density at radius 2 is 1.47 bits per heavy atom. The molecule has 0 fully saturated rings. The van der Waals surface area contributed by atoms with Crippen LogP contribution in [0.25, 0.3) is 0 Å². The molecule has 0 aliphatic heterocycles. The summed E-state index contributed by atoms with van der Waals surface area (Å²) in [7, 11) is -1.59. The van der Waals surface area contributed by atoms with Crippen molar-refractivity contribution in [2.75, 3.05) is 31.7 Å². The number of methoxy groups -OCH3 is 2. The van der Waals surface area contributed by atoms with Gasteiger partial charge in [0.2, 0.25) is 11.8 Å². The molecule has 0 aliphatic rings. The number of ether oxygens (including phenoxy) is 3. The topological polar surface area (TPSA) is 114 Å². The number of carbonyl (C=O) groups excluding carboxylic acids is 2. The first kappa shape index (κ1) is 39.3. The van der Waals surface area contributed by atoms with E-state index < -0.39 is 40.0 Å². The van der Waals surface area contributed by atoms with Crippen molar-refractivity contribution in [2.24, 2.45) is 0 Å². The van der Waals surface area contributed by atoms with Crippen LogP contribution in [0.1, 0.15) is 38.8 Å². The number of rotatable bonds is 15. The highest BCUT2D eigenvalue weighted by Gasteiger charge is 2.36. The first-order valence-electron chi connectivity index (χ1n) is 16.2. The molecule has 1 atom stereocenters. The number of benzene rings is 4. The summed E-state index contributed by atoms with van der Waals surface area (Å²) < 4.78 is 46.3. The molecule has 1 unspecified atom stereocenters. The molecule has 272 valence electrons. The van der Waals surface area contributed by atoms with Crippen LogP contribution in [0.4, 0.5) is 5.69 Å². The molecule has 1 N–H and O–H groups in total. The predicted molar refractivity (Wildman–Crippen MR) is 201 cm³/mol. The summed E-state index contributed by atoms with van der Waals surface area (Å²) in [5.74, 6) is -0.0650. The lowest BCUT2D eigenvalue weighted by Crippen LogP contribution is -2.56. The van der Waals surface area contributed by atoms with E-state index in [4.69, 9.17) is 37.4 Å². The van der Waals surface area contributed by atoms with Gasteiger partial charge in [-0.25, -0.2) is 8.42 Å². The second-order valence-electron chi connectivity index (χ2n) is 12.6. The van der Waals surface area contributed by atoms with Gasteiger partial charge in [-0.2, -0.15) is 0 Å². The van der Waals surface area contributed by atoms with Gasteiger partial charge in [-0.05, 0) is 81.8 Å². The highest BCUT2D eigenvalue weighted by molar-refractivity contribution is 7.92. The van der Waals surface area contributed by atoms with Crippen LogP contribution in [0.3, 0.4) is 0 Å². The van der Waals surface area contributed by atoms with Gasteiger partial charge in [-0.1, -0.05) is 59.6 Å². The van der Waals surface area contributed by atoms with Crippen LogP contribution < -0.4 is 23.8 Å². The summed E-state index contributed by atoms with van der Waals surface area (Å²) in [6.07, 6.45) is 0.127. The van der Waals surface area contributed by atoms with Gasteiger partial charge >= 0.3 is 0 Å². The largest absolute Gasteiger partial charge is 0.494 e. The second kappa shape index (κ2) is 17.2. The fourth-order valence-corrected chi connectivity index (χ4v) is 7.32. The molecule has 51 heavy (non-hydrogen) atoms. The van der Waals surface area contributed by atoms with Gasteiger partial charge in [0, 0.05) is 40.2 Å². The molecule has 4 aromatic rings. The number of sulfonamides is 1. The summed E-state index contributed by atoms with van der Waals surface area (Å²) in [4.78, 5) is 30.1. The first-order chi connectivity index (χ1) is 24.2. The molecular formula is C38H43Cl2N3O7S. The van der Waals surface area contributed by atoms with Gasteiger partial charge in [0.1, 0.15) is 18.3 Å². The summed E-state index contributed by atoms with van der Waals surface area (Å²) in [5.41, 5.74) is 0.742. The Morgan fingerprint density at radius 3 is 2.04 bits per heavy atom. The van der Waals surface area contributed by atoms with E-state index in [2.05, 4.69) is 5.32 Å². The molecule has 2 amide bonds. The van der Waals surface area contributed by atoms with Crippen molar-refractivity contribution in [3.63, 3.8) is 0 Å². The summed E-state index contributed by atoms with van der Waals surface area (Å²) >= 11 is 13.2. The molecule has 10 nitrogen and oxygen atoms in total. The normalized spacial score (nSPS) is 12.1. The fourth-order valence-electron chi connectivity index (χ4n) is 5.37. The van der Waals surface area contributed by atoms with Crippen LogP contribution in [-0.4, -0.2) is 64.1 Å². The molecular weight excluding hydrogens is 713 g/mol. The zero-order valence-electron chi connectivity index (χ0n) is 29.5. The van der Waals surface area contributed by atoms with Gasteiger partial charge < -0.3 is 24.4 Å². The monoisotopic (exact) mass is 755 g/mol. The highest BCUT2D eigenvalue weighted by Crippen LogP contribution is 2.34. The standard InChI is InChI=1S/C38H43Cl2N3O7S/c1-7-50-28-18-16-27(17-19-28)43(51(46,47)29-20-21-34(48-5)35(23-29)49-6)25-36(44)42(24-30-31(39)14-11-15-32(30)40)33(37(45)41-38(2,3)4)22-26-12-9-8-10-13-26/h8-21,23,33H,7,22,24-25H2,1-6H3,(H,41,45). The van der Waals surface area contributed by atoms with Crippen LogP contribution in [0.2, 0.25) is 10.0 Å². The number of hydrogen-bond acceptors (Lipinski definition) is 7. The summed E-state index contributed by atoms with van der Waals surface area (Å²) in [6.45, 7) is 6.90. The molecule has 0 bridgehead atoms. The van der Waals surface area contributed by atoms with E-state index in [-0.39, 0.29) is 39.3 Å². The van der Waals surface area contributed by atoms with E-state index in [0.717, 1.165) is 9.87 Å². The molecule has 0 aromatic heterocycles. The van der Waals surface area contributed by atoms with Gasteiger partial charge in [0.15, 0.2) is 11.5 Å². The molecule has 13 heteroatoms. The molecule has 4 aromatic carbocycles. The summed E-state index contributed by atoms with van der Waals surface area (Å²) in [6, 6.07) is 23.7. The number of nitrogens with zero attached hydrogens (tertiary/aromatic N) is 2. The van der Waals surface area contributed by atoms with Gasteiger partial charge in [-0.3, -0.25) is 13.9 Å². The molecule has 0 spiro atoms. The number of amides is 2. The van der Waals surface area contributed by atoms with Crippen LogP contribution in [-0.2, 0) is 32.6 Å². The lowest BCUT2D eigenvalue weighted by Gasteiger charge is -2.35. The van der Waals surface area contributed by atoms with E-state index in [9.17, 15) is 18.0 Å². The third kappa shape index (κ3) is 10.1. The minimum Gasteiger partial charge on any atom is -0.494 e. The Hall–Kier alpha value is -4.45. The molecule has 4 rings (SSSR count). The zero-order chi connectivity index (χ0) is 37.3. The molecule has 0 saturated heterocycles. The van der Waals surface area contributed by atoms with Crippen molar-refractivity contribution in [2.45, 2.75) is 57.1 Å². The highest BCUT2D eigenvalue weighted by atomic mass is 35.5. The van der Waals surface area contributed by atoms with Gasteiger partial charge in [0.05, 0.1) is 31.4 Å². The maximum absolute atomic E-state index is 14.8.